The Morgan fingerprint density at radius 3 is 2.67 bits per heavy atom. The maximum Gasteiger partial charge on any atom is 0.573 e. The summed E-state index contributed by atoms with van der Waals surface area (Å²) in [6.45, 7) is -1.26. The van der Waals surface area contributed by atoms with Crippen LogP contribution < -0.4 is 10.1 Å². The molecular weight excluding hydrogens is 305 g/mol. The molecule has 1 atom stereocenters. The van der Waals surface area contributed by atoms with E-state index in [9.17, 15) is 31.9 Å². The molecule has 1 aliphatic heterocycles. The normalized spacial score (nSPS) is 21.4. The minimum absolute atomic E-state index is 0.576. The molecule has 2 N–H and O–H groups in total. The number of amides is 1. The minimum atomic E-state index is -5.02. The number of phenols is 1. The summed E-state index contributed by atoms with van der Waals surface area (Å²) in [7, 11) is 0. The quantitative estimate of drug-likeness (QED) is 0.824. The van der Waals surface area contributed by atoms with Gasteiger partial charge in [0.25, 0.3) is 0 Å². The molecule has 2 rings (SSSR count). The Morgan fingerprint density at radius 1 is 1.38 bits per heavy atom. The van der Waals surface area contributed by atoms with Crippen LogP contribution in [0.2, 0.25) is 0 Å². The van der Waals surface area contributed by atoms with Crippen molar-refractivity contribution in [3.05, 3.63) is 23.8 Å². The fourth-order valence-corrected chi connectivity index (χ4v) is 1.78. The van der Waals surface area contributed by atoms with E-state index < -0.39 is 48.1 Å². The molecule has 0 aliphatic carbocycles. The summed E-state index contributed by atoms with van der Waals surface area (Å²) in [5, 5.41) is 11.3. The Labute approximate surface area is 114 Å². The van der Waals surface area contributed by atoms with Gasteiger partial charge in [-0.2, -0.15) is 0 Å². The third-order valence-electron chi connectivity index (χ3n) is 2.62. The molecule has 0 saturated carbocycles. The number of phenolic OH excluding ortho intramolecular Hbond substituents is 1. The van der Waals surface area contributed by atoms with E-state index in [2.05, 4.69) is 9.47 Å². The van der Waals surface area contributed by atoms with Crippen molar-refractivity contribution in [1.29, 1.82) is 0 Å². The summed E-state index contributed by atoms with van der Waals surface area (Å²) >= 11 is 0. The lowest BCUT2D eigenvalue weighted by molar-refractivity contribution is -0.274. The van der Waals surface area contributed by atoms with Gasteiger partial charge in [-0.1, -0.05) is 0 Å². The van der Waals surface area contributed by atoms with E-state index in [0.29, 0.717) is 6.07 Å². The molecule has 10 heteroatoms. The van der Waals surface area contributed by atoms with E-state index in [1.165, 1.54) is 0 Å². The zero-order valence-corrected chi connectivity index (χ0v) is 10.1. The zero-order chi connectivity index (χ0) is 15.8. The molecule has 21 heavy (non-hydrogen) atoms. The van der Waals surface area contributed by atoms with Gasteiger partial charge in [-0.3, -0.25) is 0 Å². The SMILES string of the molecule is O=C1N[C@H](c2cc(OC(F)(F)F)ccc2O)C(F)(F)CO1. The average molecular weight is 313 g/mol. The number of halogens is 5. The number of alkyl carbamates (subject to hydrolysis) is 1. The Balaban J connectivity index is 2.37. The van der Waals surface area contributed by atoms with Crippen LogP contribution in [-0.2, 0) is 4.74 Å². The molecule has 0 radical (unpaired) electrons. The van der Waals surface area contributed by atoms with Crippen LogP contribution in [0.4, 0.5) is 26.7 Å². The first-order valence-electron chi connectivity index (χ1n) is 5.48. The van der Waals surface area contributed by atoms with Crippen LogP contribution in [0, 0.1) is 0 Å². The molecule has 1 amide bonds. The number of ether oxygens (including phenoxy) is 2. The Hall–Kier alpha value is -2.26. The maximum atomic E-state index is 13.7. The number of hydrogen-bond acceptors (Lipinski definition) is 4. The molecule has 1 fully saturated rings. The highest BCUT2D eigenvalue weighted by Crippen LogP contribution is 2.40. The summed E-state index contributed by atoms with van der Waals surface area (Å²) in [4.78, 5) is 11.0. The van der Waals surface area contributed by atoms with Gasteiger partial charge < -0.3 is 19.9 Å². The van der Waals surface area contributed by atoms with Crippen LogP contribution >= 0.6 is 0 Å². The van der Waals surface area contributed by atoms with E-state index in [1.807, 2.05) is 0 Å². The highest BCUT2D eigenvalue weighted by Gasteiger charge is 2.48. The number of cyclic esters (lactones) is 1. The second-order valence-corrected chi connectivity index (χ2v) is 4.18. The lowest BCUT2D eigenvalue weighted by Crippen LogP contribution is -2.49. The van der Waals surface area contributed by atoms with Crippen LogP contribution in [0.5, 0.6) is 11.5 Å². The number of hydrogen-bond donors (Lipinski definition) is 2. The second-order valence-electron chi connectivity index (χ2n) is 4.18. The zero-order valence-electron chi connectivity index (χ0n) is 10.1. The highest BCUT2D eigenvalue weighted by atomic mass is 19.4. The van der Waals surface area contributed by atoms with Crippen molar-refractivity contribution >= 4 is 6.09 Å². The summed E-state index contributed by atoms with van der Waals surface area (Å²) in [6, 6.07) is 0.0581. The van der Waals surface area contributed by atoms with Crippen LogP contribution in [0.15, 0.2) is 18.2 Å². The number of nitrogens with one attached hydrogen (secondary N) is 1. The Morgan fingerprint density at radius 2 is 2.05 bits per heavy atom. The van der Waals surface area contributed by atoms with Gasteiger partial charge in [0.15, 0.2) is 6.61 Å². The van der Waals surface area contributed by atoms with Crippen LogP contribution in [0.3, 0.4) is 0 Å². The van der Waals surface area contributed by atoms with E-state index in [0.717, 1.165) is 12.1 Å². The Kier molecular flexibility index (Phi) is 3.56. The van der Waals surface area contributed by atoms with Gasteiger partial charge in [-0.25, -0.2) is 13.6 Å². The number of aromatic hydroxyl groups is 1. The smallest absolute Gasteiger partial charge is 0.508 e. The molecule has 5 nitrogen and oxygen atoms in total. The van der Waals surface area contributed by atoms with Crippen molar-refractivity contribution in [3.63, 3.8) is 0 Å². The fraction of sp³-hybridized carbons (Fsp3) is 0.364. The first-order chi connectivity index (χ1) is 9.58. The van der Waals surface area contributed by atoms with Gasteiger partial charge >= 0.3 is 18.4 Å². The lowest BCUT2D eigenvalue weighted by atomic mass is 9.99. The first kappa shape index (κ1) is 15.1. The Bertz CT molecular complexity index is 560. The van der Waals surface area contributed by atoms with Gasteiger partial charge in [0.2, 0.25) is 0 Å². The van der Waals surface area contributed by atoms with Gasteiger partial charge in [0.1, 0.15) is 17.5 Å². The molecule has 0 bridgehead atoms. The van der Waals surface area contributed by atoms with Crippen molar-refractivity contribution in [2.24, 2.45) is 0 Å². The molecule has 0 unspecified atom stereocenters. The van der Waals surface area contributed by atoms with Crippen molar-refractivity contribution in [2.75, 3.05) is 6.61 Å². The van der Waals surface area contributed by atoms with E-state index in [4.69, 9.17) is 0 Å². The van der Waals surface area contributed by atoms with E-state index in [-0.39, 0.29) is 0 Å². The monoisotopic (exact) mass is 313 g/mol. The van der Waals surface area contributed by atoms with E-state index >= 15 is 0 Å². The number of benzene rings is 1. The first-order valence-corrected chi connectivity index (χ1v) is 5.48. The minimum Gasteiger partial charge on any atom is -0.508 e. The number of rotatable bonds is 2. The predicted molar refractivity (Wildman–Crippen MR) is 57.0 cm³/mol. The predicted octanol–water partition coefficient (Wildman–Crippen LogP) is 2.71. The standard InChI is InChI=1S/C11H8F5NO4/c12-10(13)4-20-9(19)17-8(10)6-3-5(1-2-7(6)18)21-11(14,15)16/h1-3,8,18H,4H2,(H,17,19)/t8-/m1/s1. The maximum absolute atomic E-state index is 13.7. The summed E-state index contributed by atoms with van der Waals surface area (Å²) in [5.41, 5.74) is -0.613. The van der Waals surface area contributed by atoms with Crippen LogP contribution in [0.25, 0.3) is 0 Å². The molecular formula is C11H8F5NO4. The van der Waals surface area contributed by atoms with Gasteiger partial charge in [-0.05, 0) is 18.2 Å². The average Bonchev–Trinajstić information content (AvgIpc) is 2.33. The molecule has 116 valence electrons. The van der Waals surface area contributed by atoms with E-state index in [1.54, 1.807) is 5.32 Å². The topological polar surface area (TPSA) is 67.8 Å². The van der Waals surface area contributed by atoms with Gasteiger partial charge in [-0.15, -0.1) is 13.2 Å². The van der Waals surface area contributed by atoms with Crippen LogP contribution in [0.1, 0.15) is 11.6 Å². The fourth-order valence-electron chi connectivity index (χ4n) is 1.78. The summed E-state index contributed by atoms with van der Waals surface area (Å²) < 4.78 is 71.3. The summed E-state index contributed by atoms with van der Waals surface area (Å²) in [6.07, 6.45) is -6.19. The molecule has 0 spiro atoms. The number of alkyl halides is 5. The van der Waals surface area contributed by atoms with Crippen molar-refractivity contribution < 1.29 is 41.3 Å². The largest absolute Gasteiger partial charge is 0.573 e. The molecule has 0 aromatic heterocycles. The third kappa shape index (κ3) is 3.44. The van der Waals surface area contributed by atoms with Crippen molar-refractivity contribution in [3.8, 4) is 11.5 Å². The highest BCUT2D eigenvalue weighted by molar-refractivity contribution is 5.69. The molecule has 1 heterocycles. The van der Waals surface area contributed by atoms with Crippen LogP contribution in [-0.4, -0.2) is 30.1 Å². The molecule has 1 aliphatic rings. The summed E-state index contributed by atoms with van der Waals surface area (Å²) in [5.74, 6) is -5.12. The lowest BCUT2D eigenvalue weighted by Gasteiger charge is -2.32. The molecule has 1 aromatic rings. The second kappa shape index (κ2) is 4.93. The van der Waals surface area contributed by atoms with Crippen molar-refractivity contribution in [2.45, 2.75) is 18.3 Å². The third-order valence-corrected chi connectivity index (χ3v) is 2.62. The molecule has 1 aromatic carbocycles. The van der Waals surface area contributed by atoms with Gasteiger partial charge in [0, 0.05) is 5.56 Å². The number of carbonyl (C=O) groups is 1. The molecule has 1 saturated heterocycles. The number of carbonyl (C=O) groups excluding carboxylic acids is 1. The van der Waals surface area contributed by atoms with Gasteiger partial charge in [0.05, 0.1) is 0 Å². The van der Waals surface area contributed by atoms with Crippen molar-refractivity contribution in [1.82, 2.24) is 5.32 Å².